The van der Waals surface area contributed by atoms with Crippen LogP contribution in [-0.2, 0) is 16.8 Å². The van der Waals surface area contributed by atoms with Crippen molar-refractivity contribution in [3.05, 3.63) is 59.0 Å². The third kappa shape index (κ3) is 3.10. The summed E-state index contributed by atoms with van der Waals surface area (Å²) in [6.45, 7) is 8.30. The molecule has 3 nitrogen and oxygen atoms in total. The first kappa shape index (κ1) is 14.4. The van der Waals surface area contributed by atoms with E-state index in [9.17, 15) is 4.79 Å². The summed E-state index contributed by atoms with van der Waals surface area (Å²) in [4.78, 5) is 12.2. The van der Waals surface area contributed by atoms with Crippen LogP contribution in [0.25, 0.3) is 0 Å². The molecule has 0 aliphatic rings. The number of furan rings is 1. The van der Waals surface area contributed by atoms with Gasteiger partial charge in [-0.15, -0.1) is 0 Å². The van der Waals surface area contributed by atoms with Crippen LogP contribution in [0.1, 0.15) is 48.0 Å². The van der Waals surface area contributed by atoms with E-state index in [1.165, 1.54) is 6.26 Å². The molecule has 106 valence electrons. The molecule has 0 atom stereocenters. The first-order chi connectivity index (χ1) is 9.39. The number of rotatable bonds is 3. The Morgan fingerprint density at radius 1 is 1.20 bits per heavy atom. The summed E-state index contributed by atoms with van der Waals surface area (Å²) in [6.07, 6.45) is 1.49. The second kappa shape index (κ2) is 5.53. The fourth-order valence-electron chi connectivity index (χ4n) is 2.34. The Morgan fingerprint density at radius 2 is 1.85 bits per heavy atom. The molecule has 0 spiro atoms. The van der Waals surface area contributed by atoms with Gasteiger partial charge in [-0.25, -0.2) is 4.79 Å². The third-order valence-electron chi connectivity index (χ3n) is 3.16. The maximum atomic E-state index is 12.2. The lowest BCUT2D eigenvalue weighted by Gasteiger charge is -2.19. The highest BCUT2D eigenvalue weighted by molar-refractivity contribution is 5.91. The van der Waals surface area contributed by atoms with Gasteiger partial charge in [-0.05, 0) is 17.9 Å². The van der Waals surface area contributed by atoms with E-state index in [1.54, 1.807) is 0 Å². The summed E-state index contributed by atoms with van der Waals surface area (Å²) < 4.78 is 10.8. The number of hydrogen-bond acceptors (Lipinski definition) is 3. The van der Waals surface area contributed by atoms with Gasteiger partial charge < -0.3 is 9.15 Å². The predicted octanol–water partition coefficient (Wildman–Crippen LogP) is 4.24. The Morgan fingerprint density at radius 3 is 2.45 bits per heavy atom. The van der Waals surface area contributed by atoms with Gasteiger partial charge in [-0.2, -0.15) is 0 Å². The van der Waals surface area contributed by atoms with Crippen molar-refractivity contribution < 1.29 is 13.9 Å². The van der Waals surface area contributed by atoms with Crippen molar-refractivity contribution in [2.24, 2.45) is 0 Å². The zero-order valence-electron chi connectivity index (χ0n) is 12.4. The van der Waals surface area contributed by atoms with E-state index in [-0.39, 0.29) is 18.0 Å². The molecule has 0 unspecified atom stereocenters. The molecule has 0 N–H and O–H groups in total. The number of aryl methyl sites for hydroxylation is 1. The standard InChI is InChI=1S/C17H20O3/c1-12-15(17(2,3)4)14(11-19-12)16(18)20-10-13-8-6-5-7-9-13/h5-9,11H,10H2,1-4H3. The molecule has 3 heteroatoms. The Balaban J connectivity index is 2.15. The van der Waals surface area contributed by atoms with Crippen LogP contribution in [0, 0.1) is 6.92 Å². The summed E-state index contributed by atoms with van der Waals surface area (Å²) in [5, 5.41) is 0. The van der Waals surface area contributed by atoms with Crippen LogP contribution in [-0.4, -0.2) is 5.97 Å². The van der Waals surface area contributed by atoms with Gasteiger partial charge >= 0.3 is 5.97 Å². The Bertz CT molecular complexity index is 588. The van der Waals surface area contributed by atoms with Crippen molar-refractivity contribution >= 4 is 5.97 Å². The fourth-order valence-corrected chi connectivity index (χ4v) is 2.34. The first-order valence-corrected chi connectivity index (χ1v) is 6.69. The molecule has 0 bridgehead atoms. The minimum Gasteiger partial charge on any atom is -0.468 e. The predicted molar refractivity (Wildman–Crippen MR) is 77.7 cm³/mol. The number of carbonyl (C=O) groups excluding carboxylic acids is 1. The van der Waals surface area contributed by atoms with E-state index >= 15 is 0 Å². The van der Waals surface area contributed by atoms with Crippen molar-refractivity contribution in [3.8, 4) is 0 Å². The van der Waals surface area contributed by atoms with Crippen LogP contribution in [0.2, 0.25) is 0 Å². The molecule has 0 radical (unpaired) electrons. The molecule has 2 aromatic rings. The third-order valence-corrected chi connectivity index (χ3v) is 3.16. The average molecular weight is 272 g/mol. The monoisotopic (exact) mass is 272 g/mol. The van der Waals surface area contributed by atoms with Crippen molar-refractivity contribution in [1.82, 2.24) is 0 Å². The van der Waals surface area contributed by atoms with Gasteiger partial charge in [0.1, 0.15) is 24.2 Å². The van der Waals surface area contributed by atoms with Crippen molar-refractivity contribution in [2.75, 3.05) is 0 Å². The maximum Gasteiger partial charge on any atom is 0.342 e. The highest BCUT2D eigenvalue weighted by Crippen LogP contribution is 2.31. The topological polar surface area (TPSA) is 39.4 Å². The number of esters is 1. The zero-order valence-corrected chi connectivity index (χ0v) is 12.4. The van der Waals surface area contributed by atoms with Crippen LogP contribution in [0.3, 0.4) is 0 Å². The largest absolute Gasteiger partial charge is 0.468 e. The van der Waals surface area contributed by atoms with Crippen molar-refractivity contribution in [2.45, 2.75) is 39.7 Å². The number of carbonyl (C=O) groups is 1. The van der Waals surface area contributed by atoms with Crippen LogP contribution >= 0.6 is 0 Å². The number of hydrogen-bond donors (Lipinski definition) is 0. The lowest BCUT2D eigenvalue weighted by Crippen LogP contribution is -2.17. The van der Waals surface area contributed by atoms with Gasteiger partial charge in [0.2, 0.25) is 0 Å². The Labute approximate surface area is 119 Å². The Kier molecular flexibility index (Phi) is 3.98. The minimum atomic E-state index is -0.337. The van der Waals surface area contributed by atoms with Gasteiger partial charge in [-0.3, -0.25) is 0 Å². The lowest BCUT2D eigenvalue weighted by atomic mass is 9.84. The number of ether oxygens (including phenoxy) is 1. The molecule has 0 fully saturated rings. The SMILES string of the molecule is Cc1occ(C(=O)OCc2ccccc2)c1C(C)(C)C. The summed E-state index contributed by atoms with van der Waals surface area (Å²) >= 11 is 0. The molecule has 0 amide bonds. The second-order valence-electron chi connectivity index (χ2n) is 5.89. The molecule has 0 aliphatic carbocycles. The van der Waals surface area contributed by atoms with Crippen LogP contribution in [0.4, 0.5) is 0 Å². The summed E-state index contributed by atoms with van der Waals surface area (Å²) in [7, 11) is 0. The molecule has 0 saturated carbocycles. The van der Waals surface area contributed by atoms with Gasteiger partial charge in [-0.1, -0.05) is 51.1 Å². The normalized spacial score (nSPS) is 11.4. The molecule has 20 heavy (non-hydrogen) atoms. The minimum absolute atomic E-state index is 0.155. The highest BCUT2D eigenvalue weighted by atomic mass is 16.5. The lowest BCUT2D eigenvalue weighted by molar-refractivity contribution is 0.0469. The fraction of sp³-hybridized carbons (Fsp3) is 0.353. The molecule has 2 rings (SSSR count). The smallest absolute Gasteiger partial charge is 0.342 e. The van der Waals surface area contributed by atoms with Crippen molar-refractivity contribution in [3.63, 3.8) is 0 Å². The van der Waals surface area contributed by atoms with E-state index in [0.29, 0.717) is 5.56 Å². The van der Waals surface area contributed by atoms with Crippen LogP contribution < -0.4 is 0 Å². The molecule has 1 aromatic heterocycles. The van der Waals surface area contributed by atoms with Gasteiger partial charge in [0.25, 0.3) is 0 Å². The van der Waals surface area contributed by atoms with E-state index < -0.39 is 0 Å². The van der Waals surface area contributed by atoms with Gasteiger partial charge in [0.15, 0.2) is 0 Å². The Hall–Kier alpha value is -2.03. The highest BCUT2D eigenvalue weighted by Gasteiger charge is 2.27. The quantitative estimate of drug-likeness (QED) is 0.784. The van der Waals surface area contributed by atoms with E-state index in [1.807, 2.05) is 37.3 Å². The maximum absolute atomic E-state index is 12.2. The van der Waals surface area contributed by atoms with Crippen LogP contribution in [0.15, 0.2) is 41.0 Å². The van der Waals surface area contributed by atoms with Crippen molar-refractivity contribution in [1.29, 1.82) is 0 Å². The molecule has 1 heterocycles. The molecule has 0 aliphatic heterocycles. The van der Waals surface area contributed by atoms with Gasteiger partial charge in [0.05, 0.1) is 0 Å². The van der Waals surface area contributed by atoms with E-state index in [2.05, 4.69) is 20.8 Å². The summed E-state index contributed by atoms with van der Waals surface area (Å²) in [5.74, 6) is 0.430. The molecule has 1 aromatic carbocycles. The summed E-state index contributed by atoms with van der Waals surface area (Å²) in [5.41, 5.74) is 2.25. The second-order valence-corrected chi connectivity index (χ2v) is 5.89. The van der Waals surface area contributed by atoms with Crippen LogP contribution in [0.5, 0.6) is 0 Å². The molecule has 0 saturated heterocycles. The van der Waals surface area contributed by atoms with Gasteiger partial charge in [0, 0.05) is 5.56 Å². The van der Waals surface area contributed by atoms with E-state index in [0.717, 1.165) is 16.9 Å². The number of benzene rings is 1. The van der Waals surface area contributed by atoms with E-state index in [4.69, 9.17) is 9.15 Å². The first-order valence-electron chi connectivity index (χ1n) is 6.69. The zero-order chi connectivity index (χ0) is 14.8. The average Bonchev–Trinajstić information content (AvgIpc) is 2.79. The molecular weight excluding hydrogens is 252 g/mol. The molecular formula is C17H20O3. The summed E-state index contributed by atoms with van der Waals surface area (Å²) in [6, 6.07) is 9.64.